The fourth-order valence-corrected chi connectivity index (χ4v) is 3.52. The molecule has 0 aliphatic carbocycles. The molecule has 6 nitrogen and oxygen atoms in total. The number of aliphatic carboxylic acids is 1. The summed E-state index contributed by atoms with van der Waals surface area (Å²) >= 11 is 1.20. The molecule has 0 saturated heterocycles. The van der Waals surface area contributed by atoms with Crippen LogP contribution in [-0.2, 0) is 11.2 Å². The molecule has 2 amide bonds. The molecular formula is C26H30FN3O3S. The molecule has 0 aliphatic heterocycles. The number of aliphatic imine (C=N–C) groups is 1. The van der Waals surface area contributed by atoms with E-state index < -0.39 is 17.8 Å². The van der Waals surface area contributed by atoms with Crippen molar-refractivity contribution in [1.29, 1.82) is 0 Å². The number of carbonyl (C=O) groups excluding carboxylic acids is 1. The van der Waals surface area contributed by atoms with Gasteiger partial charge in [-0.2, -0.15) is 0 Å². The van der Waals surface area contributed by atoms with E-state index in [1.54, 1.807) is 36.6 Å². The highest BCUT2D eigenvalue weighted by atomic mass is 32.2. The van der Waals surface area contributed by atoms with Crippen molar-refractivity contribution in [3.05, 3.63) is 82.5 Å². The molecule has 0 saturated carbocycles. The zero-order valence-electron chi connectivity index (χ0n) is 19.5. The first-order valence-corrected chi connectivity index (χ1v) is 12.1. The minimum Gasteiger partial charge on any atom is -0.477 e. The Balaban J connectivity index is 1.97. The van der Waals surface area contributed by atoms with Crippen molar-refractivity contribution in [2.24, 2.45) is 10.9 Å². The van der Waals surface area contributed by atoms with Gasteiger partial charge in [0.25, 0.3) is 0 Å². The molecule has 2 aromatic carbocycles. The summed E-state index contributed by atoms with van der Waals surface area (Å²) < 4.78 is 13.8. The predicted octanol–water partition coefficient (Wildman–Crippen LogP) is 6.31. The fraction of sp³-hybridized carbons (Fsp3) is 0.269. The second-order valence-electron chi connectivity index (χ2n) is 7.55. The summed E-state index contributed by atoms with van der Waals surface area (Å²) in [4.78, 5) is 28.2. The Hall–Kier alpha value is -3.39. The Morgan fingerprint density at radius 2 is 1.91 bits per heavy atom. The van der Waals surface area contributed by atoms with E-state index in [0.29, 0.717) is 23.6 Å². The van der Waals surface area contributed by atoms with Gasteiger partial charge in [-0.15, -0.1) is 11.8 Å². The van der Waals surface area contributed by atoms with Gasteiger partial charge in [-0.05, 0) is 67.6 Å². The van der Waals surface area contributed by atoms with Gasteiger partial charge >= 0.3 is 12.0 Å². The maximum atomic E-state index is 13.8. The van der Waals surface area contributed by atoms with Crippen LogP contribution < -0.4 is 10.6 Å². The second kappa shape index (κ2) is 14.0. The number of carboxylic acids is 1. The summed E-state index contributed by atoms with van der Waals surface area (Å²) in [6.07, 6.45) is 10.7. The number of carboxylic acid groups (broad SMARTS) is 1. The molecule has 34 heavy (non-hydrogen) atoms. The number of hydrogen-bond acceptors (Lipinski definition) is 4. The van der Waals surface area contributed by atoms with Crippen LogP contribution in [0.1, 0.15) is 24.5 Å². The molecule has 3 N–H and O–H groups in total. The average molecular weight is 484 g/mol. The van der Waals surface area contributed by atoms with E-state index in [1.165, 1.54) is 17.8 Å². The van der Waals surface area contributed by atoms with E-state index in [9.17, 15) is 19.1 Å². The third-order valence-corrected chi connectivity index (χ3v) is 5.49. The van der Waals surface area contributed by atoms with Crippen LogP contribution in [0.15, 0.2) is 70.6 Å². The smallest absolute Gasteiger partial charge is 0.341 e. The number of benzene rings is 2. The minimum absolute atomic E-state index is 0.118. The van der Waals surface area contributed by atoms with Gasteiger partial charge in [-0.3, -0.25) is 4.99 Å². The first-order chi connectivity index (χ1) is 16.3. The number of hydrogen-bond donors (Lipinski definition) is 3. The van der Waals surface area contributed by atoms with E-state index in [2.05, 4.69) is 15.6 Å². The Bertz CT molecular complexity index is 1070. The van der Waals surface area contributed by atoms with Crippen molar-refractivity contribution >= 4 is 41.4 Å². The number of allylic oxidation sites excluding steroid dienone is 1. The fourth-order valence-electron chi connectivity index (χ4n) is 3.04. The minimum atomic E-state index is -0.942. The number of aryl methyl sites for hydroxylation is 1. The summed E-state index contributed by atoms with van der Waals surface area (Å²) in [5, 5.41) is 14.5. The van der Waals surface area contributed by atoms with Crippen molar-refractivity contribution in [3.8, 4) is 0 Å². The van der Waals surface area contributed by atoms with Gasteiger partial charge in [0.1, 0.15) is 5.82 Å². The number of nitrogens with zero attached hydrogens (tertiary/aromatic N) is 1. The number of nitrogens with one attached hydrogen (secondary N) is 2. The lowest BCUT2D eigenvalue weighted by Crippen LogP contribution is -2.20. The average Bonchev–Trinajstić information content (AvgIpc) is 2.80. The van der Waals surface area contributed by atoms with Gasteiger partial charge in [0.2, 0.25) is 0 Å². The van der Waals surface area contributed by atoms with Crippen molar-refractivity contribution in [3.63, 3.8) is 0 Å². The van der Waals surface area contributed by atoms with Gasteiger partial charge in [0, 0.05) is 18.2 Å². The van der Waals surface area contributed by atoms with Crippen LogP contribution >= 0.6 is 11.8 Å². The summed E-state index contributed by atoms with van der Waals surface area (Å²) in [7, 11) is 0. The Kier molecular flexibility index (Phi) is 11.1. The van der Waals surface area contributed by atoms with Crippen LogP contribution in [0, 0.1) is 18.7 Å². The monoisotopic (exact) mass is 483 g/mol. The number of thioether (sulfide) groups is 1. The number of anilines is 2. The second-order valence-corrected chi connectivity index (χ2v) is 8.40. The lowest BCUT2D eigenvalue weighted by Gasteiger charge is -2.10. The van der Waals surface area contributed by atoms with E-state index in [-0.39, 0.29) is 11.6 Å². The third kappa shape index (κ3) is 9.23. The van der Waals surface area contributed by atoms with Crippen molar-refractivity contribution in [2.45, 2.75) is 26.7 Å². The number of rotatable bonds is 11. The summed E-state index contributed by atoms with van der Waals surface area (Å²) in [5.74, 6) is -1.56. The Morgan fingerprint density at radius 3 is 2.56 bits per heavy atom. The standard InChI is InChI=1S/C26H30FN3O3S/c1-4-14-28-17-20(16-24(34-3)25(31)32)7-5-6-19-9-11-21(12-10-19)29-26(33)30-23-15-18(2)8-13-22(23)27/h5,7-16,20H,4,6,17H2,1-3H3,(H,31,32)(H2,29,30,33)/b7-5?,24-16-,28-14?. The highest BCUT2D eigenvalue weighted by molar-refractivity contribution is 8.03. The zero-order chi connectivity index (χ0) is 24.9. The molecule has 0 spiro atoms. The number of halogens is 1. The molecule has 180 valence electrons. The maximum Gasteiger partial charge on any atom is 0.341 e. The lowest BCUT2D eigenvalue weighted by molar-refractivity contribution is -0.131. The van der Waals surface area contributed by atoms with Crippen molar-refractivity contribution in [2.75, 3.05) is 23.4 Å². The van der Waals surface area contributed by atoms with Crippen LogP contribution in [0.25, 0.3) is 0 Å². The highest BCUT2D eigenvalue weighted by Crippen LogP contribution is 2.18. The molecule has 0 fully saturated rings. The van der Waals surface area contributed by atoms with Crippen LogP contribution in [0.2, 0.25) is 0 Å². The van der Waals surface area contributed by atoms with E-state index in [1.807, 2.05) is 44.3 Å². The molecule has 0 aromatic heterocycles. The van der Waals surface area contributed by atoms with Crippen LogP contribution in [0.5, 0.6) is 0 Å². The van der Waals surface area contributed by atoms with Gasteiger partial charge in [-0.1, -0.05) is 43.4 Å². The lowest BCUT2D eigenvalue weighted by atomic mass is 10.1. The third-order valence-electron chi connectivity index (χ3n) is 4.74. The Morgan fingerprint density at radius 1 is 1.18 bits per heavy atom. The van der Waals surface area contributed by atoms with E-state index in [0.717, 1.165) is 17.5 Å². The summed E-state index contributed by atoms with van der Waals surface area (Å²) in [5.41, 5.74) is 2.57. The highest BCUT2D eigenvalue weighted by Gasteiger charge is 2.10. The molecular weight excluding hydrogens is 453 g/mol. The van der Waals surface area contributed by atoms with E-state index >= 15 is 0 Å². The molecule has 2 rings (SSSR count). The normalized spacial score (nSPS) is 12.8. The molecule has 1 atom stereocenters. The van der Waals surface area contributed by atoms with Crippen molar-refractivity contribution < 1.29 is 19.1 Å². The summed E-state index contributed by atoms with van der Waals surface area (Å²) in [6.45, 7) is 4.30. The van der Waals surface area contributed by atoms with Crippen LogP contribution in [0.4, 0.5) is 20.6 Å². The van der Waals surface area contributed by atoms with Crippen LogP contribution in [-0.4, -0.2) is 36.1 Å². The number of carbonyl (C=O) groups is 2. The van der Waals surface area contributed by atoms with E-state index in [4.69, 9.17) is 0 Å². The topological polar surface area (TPSA) is 90.8 Å². The molecule has 0 radical (unpaired) electrons. The summed E-state index contributed by atoms with van der Waals surface area (Å²) in [6, 6.07) is 11.3. The molecule has 8 heteroatoms. The molecule has 2 aromatic rings. The number of amides is 2. The molecule has 1 unspecified atom stereocenters. The largest absolute Gasteiger partial charge is 0.477 e. The predicted molar refractivity (Wildman–Crippen MR) is 139 cm³/mol. The van der Waals surface area contributed by atoms with Crippen molar-refractivity contribution in [1.82, 2.24) is 0 Å². The zero-order valence-corrected chi connectivity index (χ0v) is 20.4. The van der Waals surface area contributed by atoms with Gasteiger partial charge in [-0.25, -0.2) is 14.0 Å². The van der Waals surface area contributed by atoms with Gasteiger partial charge < -0.3 is 15.7 Å². The molecule has 0 bridgehead atoms. The maximum absolute atomic E-state index is 13.8. The quantitative estimate of drug-likeness (QED) is 0.199. The van der Waals surface area contributed by atoms with Gasteiger partial charge in [0.05, 0.1) is 10.6 Å². The van der Waals surface area contributed by atoms with Gasteiger partial charge in [0.15, 0.2) is 0 Å². The van der Waals surface area contributed by atoms with Crippen LogP contribution in [0.3, 0.4) is 0 Å². The molecule has 0 heterocycles. The first kappa shape index (κ1) is 26.9. The SMILES string of the molecule is CCC=NCC(C=CCc1ccc(NC(=O)Nc2cc(C)ccc2F)cc1)/C=C(\SC)C(=O)O. The molecule has 0 aliphatic rings. The first-order valence-electron chi connectivity index (χ1n) is 10.9. The Labute approximate surface area is 204 Å². The number of urea groups is 1.